The van der Waals surface area contributed by atoms with Crippen LogP contribution < -0.4 is 5.73 Å². The summed E-state index contributed by atoms with van der Waals surface area (Å²) < 4.78 is 10.1. The molecule has 2 N–H and O–H groups in total. The van der Waals surface area contributed by atoms with Crippen molar-refractivity contribution >= 4 is 11.8 Å². The normalized spacial score (nSPS) is 12.9. The average molecular weight is 245 g/mol. The highest BCUT2D eigenvalue weighted by Crippen LogP contribution is 2.14. The van der Waals surface area contributed by atoms with Crippen LogP contribution in [0.25, 0.3) is 0 Å². The Morgan fingerprint density at radius 2 is 2.38 bits per heavy atom. The molecule has 0 bridgehead atoms. The number of nitrogens with zero attached hydrogens (tertiary/aromatic N) is 2. The molecule has 0 aliphatic rings. The standard InChI is InChI=1S/C10H19N3O2S/c1-14-6-3-4-9-12-10(15-13-9)8(11)5-7-16-2/h8H,3-7,11H2,1-2H3. The zero-order valence-corrected chi connectivity index (χ0v) is 10.6. The summed E-state index contributed by atoms with van der Waals surface area (Å²) in [6.45, 7) is 0.711. The van der Waals surface area contributed by atoms with Gasteiger partial charge in [0.2, 0.25) is 5.89 Å². The Morgan fingerprint density at radius 3 is 3.06 bits per heavy atom. The molecule has 0 radical (unpaired) electrons. The third-order valence-electron chi connectivity index (χ3n) is 2.18. The molecule has 1 aromatic heterocycles. The van der Waals surface area contributed by atoms with E-state index >= 15 is 0 Å². The third-order valence-corrected chi connectivity index (χ3v) is 2.83. The van der Waals surface area contributed by atoms with Gasteiger partial charge >= 0.3 is 0 Å². The van der Waals surface area contributed by atoms with Gasteiger partial charge in [-0.1, -0.05) is 5.16 Å². The van der Waals surface area contributed by atoms with Crippen LogP contribution in [-0.4, -0.2) is 35.9 Å². The second kappa shape index (κ2) is 7.65. The van der Waals surface area contributed by atoms with E-state index in [1.807, 2.05) is 0 Å². The summed E-state index contributed by atoms with van der Waals surface area (Å²) in [4.78, 5) is 4.27. The number of methoxy groups -OCH3 is 1. The minimum absolute atomic E-state index is 0.142. The lowest BCUT2D eigenvalue weighted by molar-refractivity contribution is 0.194. The van der Waals surface area contributed by atoms with Crippen molar-refractivity contribution in [2.75, 3.05) is 25.7 Å². The Balaban J connectivity index is 2.37. The van der Waals surface area contributed by atoms with Gasteiger partial charge in [-0.15, -0.1) is 0 Å². The Bertz CT molecular complexity index is 293. The highest BCUT2D eigenvalue weighted by Gasteiger charge is 2.13. The molecule has 1 heterocycles. The van der Waals surface area contributed by atoms with Crippen molar-refractivity contribution in [2.45, 2.75) is 25.3 Å². The molecule has 0 saturated heterocycles. The van der Waals surface area contributed by atoms with Crippen molar-refractivity contribution in [1.82, 2.24) is 10.1 Å². The van der Waals surface area contributed by atoms with E-state index in [0.717, 1.165) is 25.0 Å². The van der Waals surface area contributed by atoms with Gasteiger partial charge in [0.15, 0.2) is 5.82 Å². The van der Waals surface area contributed by atoms with Gasteiger partial charge in [0, 0.05) is 20.1 Å². The Hall–Kier alpha value is -0.590. The van der Waals surface area contributed by atoms with Crippen molar-refractivity contribution in [2.24, 2.45) is 5.73 Å². The van der Waals surface area contributed by atoms with Crippen LogP contribution in [0, 0.1) is 0 Å². The van der Waals surface area contributed by atoms with Gasteiger partial charge in [-0.05, 0) is 24.9 Å². The van der Waals surface area contributed by atoms with Crippen molar-refractivity contribution in [3.05, 3.63) is 11.7 Å². The minimum atomic E-state index is -0.142. The molecule has 1 unspecified atom stereocenters. The van der Waals surface area contributed by atoms with Gasteiger partial charge in [0.05, 0.1) is 6.04 Å². The number of hydrogen-bond donors (Lipinski definition) is 1. The number of aryl methyl sites for hydroxylation is 1. The summed E-state index contributed by atoms with van der Waals surface area (Å²) in [5.74, 6) is 2.26. The number of ether oxygens (including phenoxy) is 1. The second-order valence-electron chi connectivity index (χ2n) is 3.53. The summed E-state index contributed by atoms with van der Waals surface area (Å²) in [7, 11) is 1.68. The molecule has 5 nitrogen and oxygen atoms in total. The number of rotatable bonds is 8. The van der Waals surface area contributed by atoms with Crippen LogP contribution in [0.2, 0.25) is 0 Å². The van der Waals surface area contributed by atoms with Crippen LogP contribution in [0.3, 0.4) is 0 Å². The lowest BCUT2D eigenvalue weighted by Crippen LogP contribution is -2.11. The fourth-order valence-electron chi connectivity index (χ4n) is 1.26. The largest absolute Gasteiger partial charge is 0.385 e. The highest BCUT2D eigenvalue weighted by atomic mass is 32.2. The number of thioether (sulfide) groups is 1. The van der Waals surface area contributed by atoms with E-state index in [1.54, 1.807) is 18.9 Å². The smallest absolute Gasteiger partial charge is 0.243 e. The molecule has 92 valence electrons. The molecule has 1 aromatic rings. The molecule has 0 amide bonds. The predicted molar refractivity (Wildman–Crippen MR) is 64.4 cm³/mol. The van der Waals surface area contributed by atoms with Crippen LogP contribution in [0.4, 0.5) is 0 Å². The maximum Gasteiger partial charge on any atom is 0.243 e. The lowest BCUT2D eigenvalue weighted by Gasteiger charge is -2.03. The van der Waals surface area contributed by atoms with E-state index in [-0.39, 0.29) is 6.04 Å². The predicted octanol–water partition coefficient (Wildman–Crippen LogP) is 1.40. The van der Waals surface area contributed by atoms with Crippen LogP contribution in [0.15, 0.2) is 4.52 Å². The number of aromatic nitrogens is 2. The molecule has 16 heavy (non-hydrogen) atoms. The quantitative estimate of drug-likeness (QED) is 0.698. The summed E-state index contributed by atoms with van der Waals surface area (Å²) in [6, 6.07) is -0.142. The minimum Gasteiger partial charge on any atom is -0.385 e. The molecule has 1 atom stereocenters. The van der Waals surface area contributed by atoms with Crippen LogP contribution in [0.5, 0.6) is 0 Å². The van der Waals surface area contributed by atoms with E-state index in [1.165, 1.54) is 0 Å². The highest BCUT2D eigenvalue weighted by molar-refractivity contribution is 7.98. The van der Waals surface area contributed by atoms with Crippen molar-refractivity contribution in [3.8, 4) is 0 Å². The first-order chi connectivity index (χ1) is 7.77. The van der Waals surface area contributed by atoms with Crippen molar-refractivity contribution in [3.63, 3.8) is 0 Å². The molecular weight excluding hydrogens is 226 g/mol. The van der Waals surface area contributed by atoms with E-state index in [0.29, 0.717) is 18.3 Å². The maximum absolute atomic E-state index is 5.91. The van der Waals surface area contributed by atoms with Crippen molar-refractivity contribution < 1.29 is 9.26 Å². The van der Waals surface area contributed by atoms with Gasteiger partial charge < -0.3 is 15.0 Å². The van der Waals surface area contributed by atoms with E-state index in [4.69, 9.17) is 15.0 Å². The maximum atomic E-state index is 5.91. The van der Waals surface area contributed by atoms with Crippen LogP contribution in [-0.2, 0) is 11.2 Å². The number of hydrogen-bond acceptors (Lipinski definition) is 6. The van der Waals surface area contributed by atoms with E-state index < -0.39 is 0 Å². The lowest BCUT2D eigenvalue weighted by atomic mass is 10.2. The molecule has 0 aliphatic carbocycles. The van der Waals surface area contributed by atoms with E-state index in [2.05, 4.69) is 16.4 Å². The topological polar surface area (TPSA) is 74.2 Å². The average Bonchev–Trinajstić information content (AvgIpc) is 2.75. The first kappa shape index (κ1) is 13.5. The molecule has 6 heteroatoms. The first-order valence-corrected chi connectivity index (χ1v) is 6.73. The van der Waals surface area contributed by atoms with Crippen LogP contribution >= 0.6 is 11.8 Å². The number of nitrogens with two attached hydrogens (primary N) is 1. The summed E-state index contributed by atoms with van der Waals surface area (Å²) in [5, 5.41) is 3.89. The molecular formula is C10H19N3O2S. The summed E-state index contributed by atoms with van der Waals surface area (Å²) in [6.07, 6.45) is 4.58. The van der Waals surface area contributed by atoms with Crippen LogP contribution in [0.1, 0.15) is 30.6 Å². The van der Waals surface area contributed by atoms with E-state index in [9.17, 15) is 0 Å². The zero-order valence-electron chi connectivity index (χ0n) is 9.81. The van der Waals surface area contributed by atoms with Gasteiger partial charge in [-0.25, -0.2) is 0 Å². The first-order valence-electron chi connectivity index (χ1n) is 5.34. The third kappa shape index (κ3) is 4.51. The SMILES string of the molecule is COCCCc1noc(C(N)CCSC)n1. The second-order valence-corrected chi connectivity index (χ2v) is 4.52. The molecule has 0 saturated carbocycles. The van der Waals surface area contributed by atoms with Gasteiger partial charge in [-0.2, -0.15) is 16.7 Å². The Labute approximate surface area is 100 Å². The zero-order chi connectivity index (χ0) is 11.8. The Kier molecular flexibility index (Phi) is 6.44. The van der Waals surface area contributed by atoms with Gasteiger partial charge in [0.25, 0.3) is 0 Å². The molecule has 0 spiro atoms. The molecule has 0 fully saturated rings. The monoisotopic (exact) mass is 245 g/mol. The van der Waals surface area contributed by atoms with Gasteiger partial charge in [0.1, 0.15) is 0 Å². The molecule has 0 aliphatic heterocycles. The fourth-order valence-corrected chi connectivity index (χ4v) is 1.75. The van der Waals surface area contributed by atoms with Crippen molar-refractivity contribution in [1.29, 1.82) is 0 Å². The summed E-state index contributed by atoms with van der Waals surface area (Å²) >= 11 is 1.76. The summed E-state index contributed by atoms with van der Waals surface area (Å²) in [5.41, 5.74) is 5.91. The molecule has 0 aromatic carbocycles. The fraction of sp³-hybridized carbons (Fsp3) is 0.800. The Morgan fingerprint density at radius 1 is 1.56 bits per heavy atom. The molecule has 1 rings (SSSR count). The van der Waals surface area contributed by atoms with Gasteiger partial charge in [-0.3, -0.25) is 0 Å².